The maximum absolute atomic E-state index is 11.9. The molecule has 2 rings (SSSR count). The Hall–Kier alpha value is -2.74. The predicted octanol–water partition coefficient (Wildman–Crippen LogP) is 2.38. The van der Waals surface area contributed by atoms with Gasteiger partial charge in [0.15, 0.2) is 12.3 Å². The summed E-state index contributed by atoms with van der Waals surface area (Å²) in [5.41, 5.74) is 2.26. The van der Waals surface area contributed by atoms with Crippen LogP contribution in [0.4, 0.5) is 4.79 Å². The van der Waals surface area contributed by atoms with Crippen molar-refractivity contribution in [1.82, 2.24) is 15.6 Å². The Balaban J connectivity index is 1.91. The zero-order valence-corrected chi connectivity index (χ0v) is 14.8. The maximum atomic E-state index is 11.9. The van der Waals surface area contributed by atoms with Crippen LogP contribution in [0.3, 0.4) is 0 Å². The fourth-order valence-corrected chi connectivity index (χ4v) is 2.75. The summed E-state index contributed by atoms with van der Waals surface area (Å²) in [6.45, 7) is 3.64. The number of amides is 3. The van der Waals surface area contributed by atoms with E-state index < -0.39 is 24.5 Å². The number of imide groups is 1. The Morgan fingerprint density at radius 1 is 1.16 bits per heavy atom. The molecule has 1 heterocycles. The maximum Gasteiger partial charge on any atom is 0.358 e. The summed E-state index contributed by atoms with van der Waals surface area (Å²) in [7, 11) is 0. The van der Waals surface area contributed by atoms with Gasteiger partial charge in [0, 0.05) is 17.5 Å². The number of rotatable bonds is 6. The van der Waals surface area contributed by atoms with Crippen molar-refractivity contribution in [3.63, 3.8) is 0 Å². The van der Waals surface area contributed by atoms with Crippen molar-refractivity contribution < 1.29 is 19.1 Å². The molecular weight excluding hydrogens is 342 g/mol. The van der Waals surface area contributed by atoms with Crippen LogP contribution in [0.5, 0.6) is 0 Å². The molecule has 25 heavy (non-hydrogen) atoms. The fourth-order valence-electron chi connectivity index (χ4n) is 1.96. The smallest absolute Gasteiger partial charge is 0.358 e. The molecule has 0 unspecified atom stereocenters. The quantitative estimate of drug-likeness (QED) is 0.770. The Bertz CT molecular complexity index is 756. The van der Waals surface area contributed by atoms with Gasteiger partial charge in [-0.2, -0.15) is 0 Å². The van der Waals surface area contributed by atoms with Crippen LogP contribution in [0.15, 0.2) is 29.6 Å². The molecule has 3 amide bonds. The minimum atomic E-state index is -0.710. The van der Waals surface area contributed by atoms with Gasteiger partial charge in [-0.15, -0.1) is 11.3 Å². The van der Waals surface area contributed by atoms with Gasteiger partial charge in [0.1, 0.15) is 5.01 Å². The van der Waals surface area contributed by atoms with Gasteiger partial charge in [0.25, 0.3) is 5.91 Å². The summed E-state index contributed by atoms with van der Waals surface area (Å²) in [6.07, 6.45) is 0.952. The van der Waals surface area contributed by atoms with E-state index in [4.69, 9.17) is 4.74 Å². The van der Waals surface area contributed by atoms with Gasteiger partial charge in [0.2, 0.25) is 0 Å². The van der Waals surface area contributed by atoms with Gasteiger partial charge < -0.3 is 10.1 Å². The van der Waals surface area contributed by atoms with Crippen molar-refractivity contribution in [2.24, 2.45) is 0 Å². The minimum absolute atomic E-state index is 0.130. The van der Waals surface area contributed by atoms with E-state index in [1.165, 1.54) is 16.9 Å². The highest BCUT2D eigenvalue weighted by atomic mass is 32.1. The lowest BCUT2D eigenvalue weighted by atomic mass is 10.1. The SMILES string of the molecule is CCNC(=O)NC(=O)COC(=O)c1csc(-c2ccc(CC)cc2)n1. The molecule has 0 aliphatic carbocycles. The number of nitrogens with zero attached hydrogens (tertiary/aromatic N) is 1. The summed E-state index contributed by atoms with van der Waals surface area (Å²) < 4.78 is 4.87. The topological polar surface area (TPSA) is 97.4 Å². The van der Waals surface area contributed by atoms with Crippen LogP contribution in [-0.4, -0.2) is 36.0 Å². The lowest BCUT2D eigenvalue weighted by Crippen LogP contribution is -2.41. The van der Waals surface area contributed by atoms with E-state index in [2.05, 4.69) is 17.2 Å². The third-order valence-electron chi connectivity index (χ3n) is 3.25. The molecule has 0 fully saturated rings. The van der Waals surface area contributed by atoms with E-state index in [-0.39, 0.29) is 5.69 Å². The summed E-state index contributed by atoms with van der Waals surface area (Å²) in [5, 5.41) is 6.72. The standard InChI is InChI=1S/C17H19N3O4S/c1-3-11-5-7-12(8-6-11)15-19-13(10-25-15)16(22)24-9-14(21)20-17(23)18-4-2/h5-8,10H,3-4,9H2,1-2H3,(H2,18,20,21,23). The van der Waals surface area contributed by atoms with Gasteiger partial charge in [-0.3, -0.25) is 10.1 Å². The molecular formula is C17H19N3O4S. The molecule has 7 nitrogen and oxygen atoms in total. The number of urea groups is 1. The van der Waals surface area contributed by atoms with Gasteiger partial charge in [-0.25, -0.2) is 14.6 Å². The van der Waals surface area contributed by atoms with Crippen LogP contribution in [0.2, 0.25) is 0 Å². The first-order valence-corrected chi connectivity index (χ1v) is 8.71. The van der Waals surface area contributed by atoms with Gasteiger partial charge in [-0.1, -0.05) is 31.2 Å². The van der Waals surface area contributed by atoms with E-state index in [9.17, 15) is 14.4 Å². The van der Waals surface area contributed by atoms with Crippen LogP contribution in [-0.2, 0) is 16.0 Å². The molecule has 2 N–H and O–H groups in total. The van der Waals surface area contributed by atoms with Gasteiger partial charge in [0.05, 0.1) is 0 Å². The number of hydrogen-bond acceptors (Lipinski definition) is 6. The van der Waals surface area contributed by atoms with Crippen LogP contribution in [0, 0.1) is 0 Å². The van der Waals surface area contributed by atoms with Crippen molar-refractivity contribution in [3.8, 4) is 10.6 Å². The molecule has 0 aliphatic rings. The van der Waals surface area contributed by atoms with Crippen molar-refractivity contribution >= 4 is 29.2 Å². The minimum Gasteiger partial charge on any atom is -0.451 e. The van der Waals surface area contributed by atoms with E-state index in [0.717, 1.165) is 12.0 Å². The number of benzene rings is 1. The zero-order chi connectivity index (χ0) is 18.2. The third kappa shape index (κ3) is 5.39. The highest BCUT2D eigenvalue weighted by molar-refractivity contribution is 7.13. The van der Waals surface area contributed by atoms with E-state index in [1.54, 1.807) is 12.3 Å². The lowest BCUT2D eigenvalue weighted by Gasteiger charge is -2.05. The number of nitrogens with one attached hydrogen (secondary N) is 2. The highest BCUT2D eigenvalue weighted by Gasteiger charge is 2.15. The van der Waals surface area contributed by atoms with Gasteiger partial charge >= 0.3 is 12.0 Å². The average molecular weight is 361 g/mol. The number of ether oxygens (including phenoxy) is 1. The van der Waals surface area contributed by atoms with Gasteiger partial charge in [-0.05, 0) is 18.9 Å². The molecule has 132 valence electrons. The molecule has 0 bridgehead atoms. The number of thiazole rings is 1. The van der Waals surface area contributed by atoms with E-state index >= 15 is 0 Å². The Labute approximate surface area is 149 Å². The Morgan fingerprint density at radius 3 is 2.52 bits per heavy atom. The normalized spacial score (nSPS) is 10.2. The Kier molecular flexibility index (Phi) is 6.64. The second-order valence-electron chi connectivity index (χ2n) is 5.07. The molecule has 1 aromatic carbocycles. The molecule has 0 aliphatic heterocycles. The average Bonchev–Trinajstić information content (AvgIpc) is 3.10. The number of hydrogen-bond donors (Lipinski definition) is 2. The molecule has 1 aromatic heterocycles. The van der Waals surface area contributed by atoms with Crippen LogP contribution >= 0.6 is 11.3 Å². The molecule has 0 atom stereocenters. The largest absolute Gasteiger partial charge is 0.451 e. The second-order valence-corrected chi connectivity index (χ2v) is 5.93. The number of carbonyl (C=O) groups is 3. The molecule has 8 heteroatoms. The lowest BCUT2D eigenvalue weighted by molar-refractivity contribution is -0.123. The molecule has 0 saturated carbocycles. The molecule has 0 radical (unpaired) electrons. The fraction of sp³-hybridized carbons (Fsp3) is 0.294. The highest BCUT2D eigenvalue weighted by Crippen LogP contribution is 2.24. The second kappa shape index (κ2) is 8.93. The van der Waals surface area contributed by atoms with E-state index in [0.29, 0.717) is 11.6 Å². The number of esters is 1. The predicted molar refractivity (Wildman–Crippen MR) is 94.4 cm³/mol. The summed E-state index contributed by atoms with van der Waals surface area (Å²) in [6, 6.07) is 7.30. The first-order valence-electron chi connectivity index (χ1n) is 7.83. The monoisotopic (exact) mass is 361 g/mol. The summed E-state index contributed by atoms with van der Waals surface area (Å²) in [5.74, 6) is -1.41. The van der Waals surface area contributed by atoms with Crippen LogP contribution in [0.1, 0.15) is 29.9 Å². The summed E-state index contributed by atoms with van der Waals surface area (Å²) in [4.78, 5) is 38.8. The zero-order valence-electron chi connectivity index (χ0n) is 14.0. The van der Waals surface area contributed by atoms with Crippen LogP contribution < -0.4 is 10.6 Å². The van der Waals surface area contributed by atoms with E-state index in [1.807, 2.05) is 29.6 Å². The molecule has 0 saturated heterocycles. The summed E-state index contributed by atoms with van der Waals surface area (Å²) >= 11 is 1.32. The third-order valence-corrected chi connectivity index (χ3v) is 4.14. The van der Waals surface area contributed by atoms with Crippen molar-refractivity contribution in [3.05, 3.63) is 40.9 Å². The number of aromatic nitrogens is 1. The van der Waals surface area contributed by atoms with Crippen molar-refractivity contribution in [2.45, 2.75) is 20.3 Å². The van der Waals surface area contributed by atoms with Crippen molar-refractivity contribution in [1.29, 1.82) is 0 Å². The van der Waals surface area contributed by atoms with Crippen LogP contribution in [0.25, 0.3) is 10.6 Å². The number of aryl methyl sites for hydroxylation is 1. The van der Waals surface area contributed by atoms with Crippen molar-refractivity contribution in [2.75, 3.05) is 13.2 Å². The molecule has 2 aromatic rings. The Morgan fingerprint density at radius 2 is 1.88 bits per heavy atom. The first-order chi connectivity index (χ1) is 12.0. The molecule has 0 spiro atoms. The first kappa shape index (κ1) is 18.6. The number of carbonyl (C=O) groups excluding carboxylic acids is 3.